The smallest absolute Gasteiger partial charge is 0 e. The molecule has 1 N–H and O–H groups in total. The maximum Gasteiger partial charge on any atom is 0 e. The van der Waals surface area contributed by atoms with Crippen LogP contribution in [0.1, 0.15) is 66.5 Å². The first-order valence-electron chi connectivity index (χ1n) is 14.4. The molecule has 4 aromatic rings. The van der Waals surface area contributed by atoms with Gasteiger partial charge in [-0.15, -0.1) is 24.3 Å². The van der Waals surface area contributed by atoms with Crippen LogP contribution in [0.4, 0.5) is 11.9 Å². The Kier molecular flexibility index (Phi) is 59.9. The summed E-state index contributed by atoms with van der Waals surface area (Å²) < 4.78 is 0. The van der Waals surface area contributed by atoms with Crippen molar-refractivity contribution in [3.05, 3.63) is 60.7 Å². The summed E-state index contributed by atoms with van der Waals surface area (Å²) in [6.45, 7) is 18.9. The zero-order chi connectivity index (χ0) is 37.2. The van der Waals surface area contributed by atoms with Gasteiger partial charge in [-0.1, -0.05) is 106 Å². The Morgan fingerprint density at radius 3 is 1.41 bits per heavy atom. The molecule has 0 saturated heterocycles. The molecule has 0 amide bonds. The molecule has 0 aromatic carbocycles. The summed E-state index contributed by atoms with van der Waals surface area (Å²) in [5.41, 5.74) is 1.78. The predicted molar refractivity (Wildman–Crippen MR) is 250 cm³/mol. The van der Waals surface area contributed by atoms with Crippen molar-refractivity contribution < 1.29 is 47.1 Å². The molecule has 0 aliphatic carbocycles. The molecule has 0 radical (unpaired) electrons. The van der Waals surface area contributed by atoms with Crippen molar-refractivity contribution in [3.8, 4) is 22.8 Å². The average molecular weight is 1730 g/mol. The Labute approximate surface area is 399 Å². The van der Waals surface area contributed by atoms with Gasteiger partial charge in [-0.3, -0.25) is 0 Å². The third-order valence-corrected chi connectivity index (χ3v) is 4.28. The van der Waals surface area contributed by atoms with E-state index in [1.165, 1.54) is 6.42 Å². The first kappa shape index (κ1) is 63.2. The van der Waals surface area contributed by atoms with Crippen molar-refractivity contribution in [1.82, 2.24) is 39.9 Å². The minimum absolute atomic E-state index is 0. The quantitative estimate of drug-likeness (QED) is 0.118. The first-order chi connectivity index (χ1) is 22.6. The SMILES string of the molecule is CC.CC.CCC.CCN(C)c1nc(C)nc(-c2c[c-]ncc2)n1.CI.CNc1nc(C)nc(-c2c[c-]ncc2)n1.II.[I][V]([I])[I].[W].[W]. The zero-order valence-corrected chi connectivity index (χ0v) is 50.1. The molecule has 49 heavy (non-hydrogen) atoms. The standard InChI is InChI=1S/C12H14N5.C10H10N5.C3H8.2C2H6.CH3I.I2.3HI.V.2W/c1-4-17(3)12-15-9(2)14-11(16-12)10-5-7-13-8-6-10;1-7-13-9(15-10(11-2)14-7)8-3-5-12-6-4-8;1-3-2;4*1-2;;;;;;/h5-7H,4H2,1-3H3;3-5H,1-2H3,(H,11,13,14,15);3H2,1-2H3;2*1-2H3;1H3;;3*1H;;;/q2*-1;;;;;;;;;+3;;/p-3. The molecule has 0 atom stereocenters. The number of halogens is 6. The molecule has 4 rings (SSSR count). The van der Waals surface area contributed by atoms with Crippen LogP contribution in [-0.4, -0.2) is 65.4 Å². The normalized spacial score (nSPS) is 8.22. The number of anilines is 2. The molecule has 0 aliphatic heterocycles. The van der Waals surface area contributed by atoms with Gasteiger partial charge in [-0.05, 0) is 25.7 Å². The summed E-state index contributed by atoms with van der Waals surface area (Å²) in [6, 6.07) is 7.21. The number of nitrogens with zero attached hydrogens (tertiary/aromatic N) is 9. The number of rotatable bonds is 5. The summed E-state index contributed by atoms with van der Waals surface area (Å²) in [6.07, 6.45) is 10.1. The van der Waals surface area contributed by atoms with E-state index in [-0.39, 0.29) is 47.1 Å². The van der Waals surface area contributed by atoms with Gasteiger partial charge < -0.3 is 20.2 Å². The molecule has 4 heterocycles. The fourth-order valence-corrected chi connectivity index (χ4v) is 2.54. The van der Waals surface area contributed by atoms with Crippen LogP contribution in [0.25, 0.3) is 22.8 Å². The molecule has 0 bridgehead atoms. The number of aromatic nitrogens is 8. The van der Waals surface area contributed by atoms with Gasteiger partial charge >= 0.3 is 64.9 Å². The molecule has 0 spiro atoms. The number of hydrogen-bond donors (Lipinski definition) is 1. The van der Waals surface area contributed by atoms with Crippen LogP contribution in [0.5, 0.6) is 0 Å². The largest absolute Gasteiger partial charge is 0 e. The molecular formula is C30H47I6N10VW2-2. The van der Waals surface area contributed by atoms with Gasteiger partial charge in [-0.25, -0.2) is 19.9 Å². The molecule has 0 unspecified atom stereocenters. The van der Waals surface area contributed by atoms with E-state index >= 15 is 0 Å². The Bertz CT molecular complexity index is 1240. The fourth-order valence-electron chi connectivity index (χ4n) is 2.54. The van der Waals surface area contributed by atoms with Crippen LogP contribution in [0.15, 0.2) is 36.7 Å². The van der Waals surface area contributed by atoms with Crippen molar-refractivity contribution >= 4 is 132 Å². The van der Waals surface area contributed by atoms with Gasteiger partial charge in [0.1, 0.15) is 23.3 Å². The molecular weight excluding hydrogens is 1680 g/mol. The van der Waals surface area contributed by atoms with E-state index in [1.807, 2.05) is 70.6 Å². The van der Waals surface area contributed by atoms with Gasteiger partial charge in [0.25, 0.3) is 0 Å². The maximum absolute atomic E-state index is 4.43. The predicted octanol–water partition coefficient (Wildman–Crippen LogP) is 11.5. The molecule has 4 aromatic heterocycles. The van der Waals surface area contributed by atoms with Crippen molar-refractivity contribution in [2.45, 2.75) is 68.7 Å². The zero-order valence-electron chi connectivity index (χ0n) is 29.9. The summed E-state index contributed by atoms with van der Waals surface area (Å²) in [5, 5.41) is 2.89. The van der Waals surface area contributed by atoms with E-state index in [4.69, 9.17) is 0 Å². The summed E-state index contributed by atoms with van der Waals surface area (Å²) in [7, 11) is 3.73. The third kappa shape index (κ3) is 34.5. The Morgan fingerprint density at radius 1 is 0.714 bits per heavy atom. The van der Waals surface area contributed by atoms with Crippen LogP contribution in [0, 0.1) is 26.2 Å². The van der Waals surface area contributed by atoms with Crippen molar-refractivity contribution in [1.29, 1.82) is 0 Å². The number of hydrogen-bond acceptors (Lipinski definition) is 10. The number of nitrogens with one attached hydrogen (secondary N) is 1. The molecule has 19 heteroatoms. The van der Waals surface area contributed by atoms with Gasteiger partial charge in [0.15, 0.2) is 0 Å². The van der Waals surface area contributed by atoms with Crippen LogP contribution in [-0.2, 0) is 47.1 Å². The molecule has 0 aliphatic rings. The van der Waals surface area contributed by atoms with Crippen LogP contribution >= 0.6 is 120 Å². The van der Waals surface area contributed by atoms with Gasteiger partial charge in [0.2, 0.25) is 11.9 Å². The summed E-state index contributed by atoms with van der Waals surface area (Å²) >= 11 is 13.8. The van der Waals surface area contributed by atoms with Crippen molar-refractivity contribution in [2.24, 2.45) is 0 Å². The minimum atomic E-state index is -0.278. The van der Waals surface area contributed by atoms with Crippen LogP contribution in [0.2, 0.25) is 0 Å². The number of alkyl halides is 1. The maximum atomic E-state index is 4.43. The van der Waals surface area contributed by atoms with Crippen LogP contribution < -0.4 is 10.2 Å². The topological polar surface area (TPSA) is 118 Å². The number of aryl methyl sites for hydroxylation is 2. The van der Waals surface area contributed by atoms with Crippen LogP contribution in [0.3, 0.4) is 0 Å². The van der Waals surface area contributed by atoms with Gasteiger partial charge in [0, 0.05) is 100 Å². The second kappa shape index (κ2) is 46.4. The second-order valence-corrected chi connectivity index (χ2v) is 42.9. The summed E-state index contributed by atoms with van der Waals surface area (Å²) in [5.74, 6) is 3.93. The fraction of sp³-hybridized carbons (Fsp3) is 0.467. The monoisotopic (exact) mass is 1730 g/mol. The van der Waals surface area contributed by atoms with Crippen molar-refractivity contribution in [2.75, 3.05) is 35.8 Å². The molecule has 10 nitrogen and oxygen atoms in total. The Hall–Kier alpha value is 2.26. The van der Waals surface area contributed by atoms with Gasteiger partial charge in [-0.2, -0.15) is 9.97 Å². The third-order valence-electron chi connectivity index (χ3n) is 4.28. The molecule has 278 valence electrons. The van der Waals surface area contributed by atoms with E-state index in [0.29, 0.717) is 35.2 Å². The summed E-state index contributed by atoms with van der Waals surface area (Å²) in [4.78, 5) is 37.0. The van der Waals surface area contributed by atoms with E-state index in [1.54, 1.807) is 31.6 Å². The average Bonchev–Trinajstić information content (AvgIpc) is 3.12. The van der Waals surface area contributed by atoms with Crippen molar-refractivity contribution in [3.63, 3.8) is 0 Å². The second-order valence-electron chi connectivity index (χ2n) is 7.55. The van der Waals surface area contributed by atoms with Gasteiger partial charge in [0.05, 0.1) is 0 Å². The van der Waals surface area contributed by atoms with E-state index < -0.39 is 0 Å². The molecule has 0 saturated carbocycles. The van der Waals surface area contributed by atoms with E-state index in [9.17, 15) is 0 Å². The van der Waals surface area contributed by atoms with E-state index in [2.05, 4.69) is 198 Å². The number of pyridine rings is 2. The van der Waals surface area contributed by atoms with E-state index in [0.717, 1.165) is 17.7 Å². The first-order valence-corrected chi connectivity index (χ1v) is 36.4. The molecule has 0 fully saturated rings. The Morgan fingerprint density at radius 2 is 1.08 bits per heavy atom. The Balaban J connectivity index is -0.000000132. The minimum Gasteiger partial charge on any atom is 0 e.